The summed E-state index contributed by atoms with van der Waals surface area (Å²) >= 11 is 0. The van der Waals surface area contributed by atoms with Gasteiger partial charge in [-0.25, -0.2) is 0 Å². The van der Waals surface area contributed by atoms with Crippen LogP contribution in [-0.2, 0) is 28.6 Å². The van der Waals surface area contributed by atoms with Crippen molar-refractivity contribution in [1.82, 2.24) is 0 Å². The highest BCUT2D eigenvalue weighted by atomic mass is 16.6. The summed E-state index contributed by atoms with van der Waals surface area (Å²) in [6.45, 7) is 6.71. The standard InChI is InChI=1S/C65H124O6/c1-4-7-10-13-16-19-22-25-28-30-31-32-33-35-37-40-43-46-49-52-55-58-64(67)70-61-62(60-69-63(66)57-54-51-48-45-42-39-36-27-24-21-18-15-12-9-6-3)71-65(68)59-56-53-50-47-44-41-38-34-29-26-23-20-17-14-11-8-5-2/h26,29,62H,4-25,27-28,30-61H2,1-3H3/b29-26-. The third kappa shape index (κ3) is 58.9. The minimum Gasteiger partial charge on any atom is -0.462 e. The van der Waals surface area contributed by atoms with Crippen LogP contribution in [0.4, 0.5) is 0 Å². The first-order chi connectivity index (χ1) is 35.0. The van der Waals surface area contributed by atoms with Gasteiger partial charge in [0.1, 0.15) is 13.2 Å². The molecule has 0 aromatic heterocycles. The van der Waals surface area contributed by atoms with Crippen molar-refractivity contribution in [3.63, 3.8) is 0 Å². The maximum absolute atomic E-state index is 12.9. The average Bonchev–Trinajstić information content (AvgIpc) is 3.37. The molecule has 0 aliphatic carbocycles. The lowest BCUT2D eigenvalue weighted by molar-refractivity contribution is -0.167. The van der Waals surface area contributed by atoms with Crippen LogP contribution in [0.5, 0.6) is 0 Å². The third-order valence-corrected chi connectivity index (χ3v) is 14.8. The summed E-state index contributed by atoms with van der Waals surface area (Å²) in [7, 11) is 0. The Balaban J connectivity index is 4.28. The lowest BCUT2D eigenvalue weighted by Crippen LogP contribution is -2.30. The van der Waals surface area contributed by atoms with Crippen molar-refractivity contribution < 1.29 is 28.6 Å². The molecule has 0 aliphatic heterocycles. The number of carbonyl (C=O) groups excluding carboxylic acids is 3. The zero-order valence-corrected chi connectivity index (χ0v) is 48.3. The van der Waals surface area contributed by atoms with E-state index in [0.29, 0.717) is 19.3 Å². The molecule has 1 atom stereocenters. The Morgan fingerprint density at radius 1 is 0.268 bits per heavy atom. The summed E-state index contributed by atoms with van der Waals surface area (Å²) in [5.41, 5.74) is 0. The van der Waals surface area contributed by atoms with Gasteiger partial charge in [0, 0.05) is 19.3 Å². The van der Waals surface area contributed by atoms with E-state index >= 15 is 0 Å². The Morgan fingerprint density at radius 2 is 0.465 bits per heavy atom. The van der Waals surface area contributed by atoms with E-state index in [-0.39, 0.29) is 31.1 Å². The van der Waals surface area contributed by atoms with Gasteiger partial charge >= 0.3 is 17.9 Å². The van der Waals surface area contributed by atoms with Crippen molar-refractivity contribution in [3.8, 4) is 0 Å². The molecule has 0 aromatic rings. The van der Waals surface area contributed by atoms with Crippen LogP contribution in [0.25, 0.3) is 0 Å². The molecule has 0 N–H and O–H groups in total. The van der Waals surface area contributed by atoms with Crippen LogP contribution in [0.2, 0.25) is 0 Å². The van der Waals surface area contributed by atoms with Crippen molar-refractivity contribution in [2.24, 2.45) is 0 Å². The van der Waals surface area contributed by atoms with Gasteiger partial charge in [0.15, 0.2) is 6.10 Å². The lowest BCUT2D eigenvalue weighted by Gasteiger charge is -2.18. The maximum Gasteiger partial charge on any atom is 0.306 e. The highest BCUT2D eigenvalue weighted by molar-refractivity contribution is 5.71. The Morgan fingerprint density at radius 3 is 0.704 bits per heavy atom. The third-order valence-electron chi connectivity index (χ3n) is 14.8. The minimum absolute atomic E-state index is 0.0652. The van der Waals surface area contributed by atoms with Crippen LogP contribution in [0.1, 0.15) is 367 Å². The number of unbranched alkanes of at least 4 members (excludes halogenated alkanes) is 47. The first-order valence-corrected chi connectivity index (χ1v) is 32.2. The molecule has 420 valence electrons. The quantitative estimate of drug-likeness (QED) is 0.0261. The zero-order chi connectivity index (χ0) is 51.4. The van der Waals surface area contributed by atoms with E-state index in [4.69, 9.17) is 14.2 Å². The first-order valence-electron chi connectivity index (χ1n) is 32.2. The molecule has 0 heterocycles. The molecule has 6 heteroatoms. The van der Waals surface area contributed by atoms with Crippen LogP contribution < -0.4 is 0 Å². The second-order valence-electron chi connectivity index (χ2n) is 22.0. The van der Waals surface area contributed by atoms with Crippen LogP contribution in [0.3, 0.4) is 0 Å². The maximum atomic E-state index is 12.9. The monoisotopic (exact) mass is 1000 g/mol. The van der Waals surface area contributed by atoms with E-state index in [1.807, 2.05) is 0 Å². The van der Waals surface area contributed by atoms with Crippen molar-refractivity contribution >= 4 is 17.9 Å². The normalized spacial score (nSPS) is 12.0. The van der Waals surface area contributed by atoms with Crippen LogP contribution in [-0.4, -0.2) is 37.2 Å². The molecular formula is C65H124O6. The molecule has 0 saturated carbocycles. The van der Waals surface area contributed by atoms with Gasteiger partial charge in [0.25, 0.3) is 0 Å². The molecule has 0 saturated heterocycles. The van der Waals surface area contributed by atoms with Gasteiger partial charge in [0.2, 0.25) is 0 Å². The predicted molar refractivity (Wildman–Crippen MR) is 307 cm³/mol. The molecule has 0 rings (SSSR count). The van der Waals surface area contributed by atoms with Gasteiger partial charge in [-0.3, -0.25) is 14.4 Å². The second kappa shape index (κ2) is 60.7. The number of allylic oxidation sites excluding steroid dienone is 2. The number of carbonyl (C=O) groups is 3. The number of esters is 3. The molecule has 0 aromatic carbocycles. The first kappa shape index (κ1) is 69.2. The van der Waals surface area contributed by atoms with Gasteiger partial charge < -0.3 is 14.2 Å². The molecule has 1 unspecified atom stereocenters. The number of hydrogen-bond acceptors (Lipinski definition) is 6. The molecular weight excluding hydrogens is 877 g/mol. The van der Waals surface area contributed by atoms with E-state index in [2.05, 4.69) is 32.9 Å². The highest BCUT2D eigenvalue weighted by Gasteiger charge is 2.19. The van der Waals surface area contributed by atoms with Crippen molar-refractivity contribution in [1.29, 1.82) is 0 Å². The molecule has 0 amide bonds. The van der Waals surface area contributed by atoms with Gasteiger partial charge in [-0.05, 0) is 44.9 Å². The van der Waals surface area contributed by atoms with Crippen molar-refractivity contribution in [2.75, 3.05) is 13.2 Å². The molecule has 0 fully saturated rings. The zero-order valence-electron chi connectivity index (χ0n) is 48.3. The van der Waals surface area contributed by atoms with Crippen LogP contribution in [0, 0.1) is 0 Å². The summed E-state index contributed by atoms with van der Waals surface area (Å²) in [6, 6.07) is 0. The summed E-state index contributed by atoms with van der Waals surface area (Å²) in [5.74, 6) is -0.838. The van der Waals surface area contributed by atoms with E-state index in [1.54, 1.807) is 0 Å². The fraction of sp³-hybridized carbons (Fsp3) is 0.923. The van der Waals surface area contributed by atoms with E-state index in [1.165, 1.54) is 270 Å². The highest BCUT2D eigenvalue weighted by Crippen LogP contribution is 2.18. The summed E-state index contributed by atoms with van der Waals surface area (Å²) in [4.78, 5) is 38.3. The van der Waals surface area contributed by atoms with E-state index in [9.17, 15) is 14.4 Å². The molecule has 0 aliphatic rings. The summed E-state index contributed by atoms with van der Waals surface area (Å²) in [5, 5.41) is 0. The van der Waals surface area contributed by atoms with E-state index < -0.39 is 6.10 Å². The summed E-state index contributed by atoms with van der Waals surface area (Å²) < 4.78 is 17.0. The van der Waals surface area contributed by atoms with Gasteiger partial charge in [0.05, 0.1) is 0 Å². The topological polar surface area (TPSA) is 78.9 Å². The van der Waals surface area contributed by atoms with Gasteiger partial charge in [-0.1, -0.05) is 315 Å². The van der Waals surface area contributed by atoms with Gasteiger partial charge in [-0.15, -0.1) is 0 Å². The number of rotatable bonds is 60. The Hall–Kier alpha value is -1.85. The van der Waals surface area contributed by atoms with Gasteiger partial charge in [-0.2, -0.15) is 0 Å². The lowest BCUT2D eigenvalue weighted by atomic mass is 10.0. The fourth-order valence-corrected chi connectivity index (χ4v) is 9.91. The van der Waals surface area contributed by atoms with Crippen molar-refractivity contribution in [2.45, 2.75) is 374 Å². The van der Waals surface area contributed by atoms with Crippen molar-refractivity contribution in [3.05, 3.63) is 12.2 Å². The second-order valence-corrected chi connectivity index (χ2v) is 22.0. The number of ether oxygens (including phenoxy) is 3. The Kier molecular flexibility index (Phi) is 59.1. The Labute approximate surface area is 443 Å². The number of hydrogen-bond donors (Lipinski definition) is 0. The Bertz CT molecular complexity index is 1100. The molecule has 0 spiro atoms. The minimum atomic E-state index is -0.768. The molecule has 71 heavy (non-hydrogen) atoms. The summed E-state index contributed by atoms with van der Waals surface area (Å²) in [6.07, 6.45) is 70.7. The largest absolute Gasteiger partial charge is 0.462 e. The molecule has 6 nitrogen and oxygen atoms in total. The predicted octanol–water partition coefficient (Wildman–Crippen LogP) is 21.7. The van der Waals surface area contributed by atoms with E-state index in [0.717, 1.165) is 57.8 Å². The SMILES string of the molecule is CCCCCCCC/C=C\CCCCCCCCCC(=O)OC(COC(=O)CCCCCCCCCCCCCCCCC)COC(=O)CCCCCCCCCCCCCCCCCCCCCCC. The molecule has 0 bridgehead atoms. The average molecular weight is 1000 g/mol. The molecule has 0 radical (unpaired) electrons. The fourth-order valence-electron chi connectivity index (χ4n) is 9.91. The van der Waals surface area contributed by atoms with Crippen LogP contribution in [0.15, 0.2) is 12.2 Å². The smallest absolute Gasteiger partial charge is 0.306 e. The van der Waals surface area contributed by atoms with Crippen LogP contribution >= 0.6 is 0 Å².